The summed E-state index contributed by atoms with van der Waals surface area (Å²) in [4.78, 5) is 32.3. The molecule has 0 aliphatic rings. The molecule has 9 nitrogen and oxygen atoms in total. The third kappa shape index (κ3) is 5.66. The van der Waals surface area contributed by atoms with Crippen LogP contribution in [0.4, 0.5) is 0 Å². The van der Waals surface area contributed by atoms with Crippen molar-refractivity contribution >= 4 is 28.0 Å². The highest BCUT2D eigenvalue weighted by Gasteiger charge is 2.48. The molecule has 0 spiro atoms. The Bertz CT molecular complexity index is 448. The van der Waals surface area contributed by atoms with E-state index in [0.717, 1.165) is 0 Å². The fourth-order valence-electron chi connectivity index (χ4n) is 1.33. The molecule has 0 aromatic heterocycles. The van der Waals surface area contributed by atoms with Gasteiger partial charge in [-0.3, -0.25) is 13.8 Å². The smallest absolute Gasteiger partial charge is 0.338 e. The molecule has 0 saturated carbocycles. The van der Waals surface area contributed by atoms with Gasteiger partial charge in [-0.2, -0.15) is 8.42 Å². The Labute approximate surface area is 108 Å². The molecule has 0 heterocycles. The minimum absolute atomic E-state index is 0.109. The summed E-state index contributed by atoms with van der Waals surface area (Å²) in [7, 11) is -4.33. The number of rotatable bonds is 9. The Morgan fingerprint density at radius 1 is 1.05 bits per heavy atom. The second-order valence-corrected chi connectivity index (χ2v) is 5.48. The Morgan fingerprint density at radius 3 is 1.74 bits per heavy atom. The van der Waals surface area contributed by atoms with Crippen molar-refractivity contribution in [3.05, 3.63) is 0 Å². The quantitative estimate of drug-likeness (QED) is 0.478. The van der Waals surface area contributed by atoms with E-state index in [1.54, 1.807) is 0 Å². The predicted molar refractivity (Wildman–Crippen MR) is 60.0 cm³/mol. The van der Waals surface area contributed by atoms with Crippen molar-refractivity contribution in [3.8, 4) is 0 Å². The van der Waals surface area contributed by atoms with Crippen molar-refractivity contribution in [3.63, 3.8) is 0 Å². The molecular weight excluding hydrogens is 284 g/mol. The monoisotopic (exact) mass is 298 g/mol. The molecule has 0 aromatic rings. The molecule has 0 atom stereocenters. The average molecular weight is 298 g/mol. The van der Waals surface area contributed by atoms with Gasteiger partial charge in [-0.25, -0.2) is 4.79 Å². The number of carbonyl (C=O) groups is 3. The summed E-state index contributed by atoms with van der Waals surface area (Å²) < 4.78 is 27.2. The maximum atomic E-state index is 11.4. The van der Waals surface area contributed by atoms with Gasteiger partial charge in [0.15, 0.2) is 0 Å². The Hall–Kier alpha value is -1.68. The number of carboxylic acid groups (broad SMARTS) is 3. The van der Waals surface area contributed by atoms with Crippen LogP contribution < -0.4 is 0 Å². The van der Waals surface area contributed by atoms with E-state index >= 15 is 0 Å². The standard InChI is InChI=1S/C9H14O9S/c1-2-3-19(16,17)18-9(8(14)15,4-6(10)11)5-7(12)13/h2-5H2,1H3,(H,10,11)(H,12,13)(H,14,15). The van der Waals surface area contributed by atoms with E-state index in [1.165, 1.54) is 6.92 Å². The Morgan fingerprint density at radius 2 is 1.47 bits per heavy atom. The van der Waals surface area contributed by atoms with Crippen LogP contribution in [-0.4, -0.2) is 53.0 Å². The van der Waals surface area contributed by atoms with Crippen LogP contribution in [0.3, 0.4) is 0 Å². The Balaban J connectivity index is 5.51. The number of carboxylic acids is 3. The maximum absolute atomic E-state index is 11.4. The zero-order valence-electron chi connectivity index (χ0n) is 10.0. The molecule has 0 amide bonds. The van der Waals surface area contributed by atoms with Gasteiger partial charge < -0.3 is 15.3 Å². The van der Waals surface area contributed by atoms with E-state index in [4.69, 9.17) is 15.3 Å². The van der Waals surface area contributed by atoms with Crippen LogP contribution >= 0.6 is 0 Å². The molecule has 0 radical (unpaired) electrons. The van der Waals surface area contributed by atoms with Crippen LogP contribution in [0.25, 0.3) is 0 Å². The lowest BCUT2D eigenvalue weighted by Gasteiger charge is -2.25. The molecule has 0 bridgehead atoms. The van der Waals surface area contributed by atoms with E-state index in [1.807, 2.05) is 0 Å². The fraction of sp³-hybridized carbons (Fsp3) is 0.667. The van der Waals surface area contributed by atoms with Crippen molar-refractivity contribution in [2.45, 2.75) is 31.8 Å². The van der Waals surface area contributed by atoms with Crippen LogP contribution in [0.2, 0.25) is 0 Å². The van der Waals surface area contributed by atoms with Crippen LogP contribution in [0.15, 0.2) is 0 Å². The van der Waals surface area contributed by atoms with E-state index in [9.17, 15) is 22.8 Å². The highest BCUT2D eigenvalue weighted by molar-refractivity contribution is 7.86. The largest absolute Gasteiger partial charge is 0.481 e. The zero-order valence-corrected chi connectivity index (χ0v) is 10.8. The first-order chi connectivity index (χ1) is 8.54. The van der Waals surface area contributed by atoms with Gasteiger partial charge in [0.1, 0.15) is 0 Å². The molecule has 0 rings (SSSR count). The zero-order chi connectivity index (χ0) is 15.3. The third-order valence-electron chi connectivity index (χ3n) is 2.00. The molecule has 110 valence electrons. The van der Waals surface area contributed by atoms with Gasteiger partial charge in [-0.1, -0.05) is 6.92 Å². The first-order valence-corrected chi connectivity index (χ1v) is 6.72. The van der Waals surface area contributed by atoms with E-state index in [0.29, 0.717) is 0 Å². The minimum atomic E-state index is -4.33. The summed E-state index contributed by atoms with van der Waals surface area (Å²) in [6.07, 6.45) is -2.45. The van der Waals surface area contributed by atoms with Crippen molar-refractivity contribution in [1.82, 2.24) is 0 Å². The molecule has 0 unspecified atom stereocenters. The Kier molecular flexibility index (Phi) is 5.90. The van der Waals surface area contributed by atoms with Crippen molar-refractivity contribution < 1.29 is 42.3 Å². The molecule has 3 N–H and O–H groups in total. The highest BCUT2D eigenvalue weighted by atomic mass is 32.2. The normalized spacial score (nSPS) is 12.1. The van der Waals surface area contributed by atoms with Gasteiger partial charge in [-0.15, -0.1) is 0 Å². The van der Waals surface area contributed by atoms with Crippen molar-refractivity contribution in [2.24, 2.45) is 0 Å². The third-order valence-corrected chi connectivity index (χ3v) is 3.49. The first kappa shape index (κ1) is 17.3. The predicted octanol–water partition coefficient (Wildman–Crippen LogP) is -0.484. The van der Waals surface area contributed by atoms with Gasteiger partial charge in [0.2, 0.25) is 5.60 Å². The molecule has 0 fully saturated rings. The summed E-state index contributed by atoms with van der Waals surface area (Å²) in [5, 5.41) is 26.2. The lowest BCUT2D eigenvalue weighted by Crippen LogP contribution is -2.47. The van der Waals surface area contributed by atoms with Crippen LogP contribution in [0.5, 0.6) is 0 Å². The lowest BCUT2D eigenvalue weighted by atomic mass is 9.96. The molecule has 0 aromatic carbocycles. The van der Waals surface area contributed by atoms with E-state index in [2.05, 4.69) is 4.18 Å². The van der Waals surface area contributed by atoms with Gasteiger partial charge in [-0.05, 0) is 6.42 Å². The molecule has 0 aliphatic heterocycles. The maximum Gasteiger partial charge on any atom is 0.338 e. The van der Waals surface area contributed by atoms with Crippen molar-refractivity contribution in [1.29, 1.82) is 0 Å². The fourth-order valence-corrected chi connectivity index (χ4v) is 2.59. The summed E-state index contributed by atoms with van der Waals surface area (Å²) in [5.74, 6) is -5.87. The summed E-state index contributed by atoms with van der Waals surface area (Å²) in [6.45, 7) is 1.48. The van der Waals surface area contributed by atoms with Gasteiger partial charge in [0.05, 0.1) is 18.6 Å². The van der Waals surface area contributed by atoms with Gasteiger partial charge in [0, 0.05) is 0 Å². The molecule has 0 saturated heterocycles. The lowest BCUT2D eigenvalue weighted by molar-refractivity contribution is -0.166. The van der Waals surface area contributed by atoms with Crippen LogP contribution in [0.1, 0.15) is 26.2 Å². The highest BCUT2D eigenvalue weighted by Crippen LogP contribution is 2.25. The summed E-state index contributed by atoms with van der Waals surface area (Å²) in [6, 6.07) is 0. The molecule has 0 aliphatic carbocycles. The topological polar surface area (TPSA) is 155 Å². The van der Waals surface area contributed by atoms with Crippen LogP contribution in [-0.2, 0) is 28.7 Å². The number of hydrogen-bond acceptors (Lipinski definition) is 6. The second kappa shape index (κ2) is 6.48. The number of hydrogen-bond donors (Lipinski definition) is 3. The molecule has 10 heteroatoms. The van der Waals surface area contributed by atoms with E-state index < -0.39 is 52.2 Å². The van der Waals surface area contributed by atoms with Crippen molar-refractivity contribution in [2.75, 3.05) is 5.75 Å². The SMILES string of the molecule is CCCS(=O)(=O)OC(CC(=O)O)(CC(=O)O)C(=O)O. The number of aliphatic carboxylic acids is 3. The second-order valence-electron chi connectivity index (χ2n) is 3.79. The molecule has 19 heavy (non-hydrogen) atoms. The van der Waals surface area contributed by atoms with E-state index in [-0.39, 0.29) is 6.42 Å². The summed E-state index contributed by atoms with van der Waals surface area (Å²) in [5.41, 5.74) is -2.84. The van der Waals surface area contributed by atoms with Crippen LogP contribution in [0, 0.1) is 0 Å². The minimum Gasteiger partial charge on any atom is -0.481 e. The summed E-state index contributed by atoms with van der Waals surface area (Å²) >= 11 is 0. The van der Waals surface area contributed by atoms with Gasteiger partial charge in [0.25, 0.3) is 10.1 Å². The first-order valence-electron chi connectivity index (χ1n) is 5.15. The molecular formula is C9H14O9S. The average Bonchev–Trinajstić information content (AvgIpc) is 2.13. The van der Waals surface area contributed by atoms with Gasteiger partial charge >= 0.3 is 17.9 Å².